The number of hydrogen-bond donors (Lipinski definition) is 0. The normalized spacial score (nSPS) is 14.6. The smallest absolute Gasteiger partial charge is 0 e. The van der Waals surface area contributed by atoms with E-state index in [1.165, 1.54) is 11.1 Å². The molecule has 0 saturated heterocycles. The molecule has 0 aromatic rings. The Morgan fingerprint density at radius 2 is 2.38 bits per heavy atom. The van der Waals surface area contributed by atoms with Crippen LogP contribution in [0.3, 0.4) is 0 Å². The third-order valence-corrected chi connectivity index (χ3v) is 1.22. The minimum atomic E-state index is 0. The van der Waals surface area contributed by atoms with E-state index in [0.717, 1.165) is 6.42 Å². The molecule has 1 aliphatic rings. The summed E-state index contributed by atoms with van der Waals surface area (Å²) in [5.74, 6) is 0. The van der Waals surface area contributed by atoms with Crippen LogP contribution in [0.15, 0.2) is 17.2 Å². The Morgan fingerprint density at radius 1 is 1.75 bits per heavy atom. The standard InChI is InChI=1S/C7H8.Tm/c1-3-6-5-7(6)4-2;/h1,3-4H,5H2,2H3;/q-2;. The summed E-state index contributed by atoms with van der Waals surface area (Å²) in [7, 11) is 0. The van der Waals surface area contributed by atoms with E-state index in [0.29, 0.717) is 0 Å². The molecular weight excluding hydrogens is 253 g/mol. The summed E-state index contributed by atoms with van der Waals surface area (Å²) in [6, 6.07) is 0. The van der Waals surface area contributed by atoms with Crippen molar-refractivity contribution in [2.45, 2.75) is 13.3 Å². The molecule has 1 aliphatic carbocycles. The van der Waals surface area contributed by atoms with Gasteiger partial charge in [0.1, 0.15) is 0 Å². The first-order valence-electron chi connectivity index (χ1n) is 2.45. The van der Waals surface area contributed by atoms with E-state index in [1.54, 1.807) is 6.08 Å². The SMILES string of the molecule is [CH-]=CC1=C([CH-]C)C1.[Tm]. The van der Waals surface area contributed by atoms with Crippen LogP contribution in [-0.4, -0.2) is 0 Å². The minimum Gasteiger partial charge on any atom is -0.293 e. The zero-order valence-corrected chi connectivity index (χ0v) is 6.50. The summed E-state index contributed by atoms with van der Waals surface area (Å²) in [4.78, 5) is 0. The molecule has 0 fully saturated rings. The van der Waals surface area contributed by atoms with Gasteiger partial charge in [0.15, 0.2) is 0 Å². The van der Waals surface area contributed by atoms with Gasteiger partial charge >= 0.3 is 0 Å². The van der Waals surface area contributed by atoms with Gasteiger partial charge in [-0.1, -0.05) is 0 Å². The summed E-state index contributed by atoms with van der Waals surface area (Å²) in [5, 5.41) is 0. The molecule has 0 bridgehead atoms. The molecule has 0 nitrogen and oxygen atoms in total. The maximum atomic E-state index is 5.20. The molecule has 0 heterocycles. The van der Waals surface area contributed by atoms with Crippen molar-refractivity contribution in [2.24, 2.45) is 0 Å². The van der Waals surface area contributed by atoms with Crippen molar-refractivity contribution >= 4 is 0 Å². The molecule has 8 heavy (non-hydrogen) atoms. The van der Waals surface area contributed by atoms with Crippen LogP contribution >= 0.6 is 0 Å². The largest absolute Gasteiger partial charge is 0.293 e. The van der Waals surface area contributed by atoms with Gasteiger partial charge in [-0.15, -0.1) is 13.3 Å². The van der Waals surface area contributed by atoms with E-state index in [9.17, 15) is 0 Å². The van der Waals surface area contributed by atoms with E-state index >= 15 is 0 Å². The molecular formula is C7H8Tm-2. The van der Waals surface area contributed by atoms with Gasteiger partial charge in [-0.05, 0) is 0 Å². The van der Waals surface area contributed by atoms with Gasteiger partial charge in [0, 0.05) is 36.9 Å². The zero-order valence-electron chi connectivity index (χ0n) is 4.72. The second-order valence-corrected chi connectivity index (χ2v) is 1.68. The molecule has 51 valence electrons. The number of allylic oxidation sites excluding steroid dienone is 3. The first-order valence-corrected chi connectivity index (χ1v) is 2.45. The summed E-state index contributed by atoms with van der Waals surface area (Å²) in [6.45, 7) is 7.23. The van der Waals surface area contributed by atoms with Gasteiger partial charge in [-0.2, -0.15) is 0 Å². The quantitative estimate of drug-likeness (QED) is 0.666. The van der Waals surface area contributed by atoms with Crippen LogP contribution in [0.1, 0.15) is 13.3 Å². The molecule has 0 aromatic carbocycles. The molecule has 0 unspecified atom stereocenters. The molecule has 0 spiro atoms. The number of rotatable bonds is 2. The fourth-order valence-electron chi connectivity index (χ4n) is 0.614. The average Bonchev–Trinajstić information content (AvgIpc) is 2.43. The predicted octanol–water partition coefficient (Wildman–Crippen LogP) is 1.90. The van der Waals surface area contributed by atoms with E-state index in [2.05, 4.69) is 6.42 Å². The predicted molar refractivity (Wildman–Crippen MR) is 30.5 cm³/mol. The van der Waals surface area contributed by atoms with Crippen LogP contribution in [0.2, 0.25) is 0 Å². The van der Waals surface area contributed by atoms with Gasteiger partial charge in [-0.25, -0.2) is 23.6 Å². The zero-order chi connectivity index (χ0) is 5.28. The Kier molecular flexibility index (Phi) is 3.84. The first-order chi connectivity index (χ1) is 3.38. The fraction of sp³-hybridized carbons (Fsp3) is 0.286. The van der Waals surface area contributed by atoms with Crippen molar-refractivity contribution in [1.82, 2.24) is 0 Å². The second kappa shape index (κ2) is 3.58. The molecule has 0 saturated carbocycles. The van der Waals surface area contributed by atoms with Gasteiger partial charge in [0.05, 0.1) is 0 Å². The Bertz CT molecular complexity index is 122. The molecule has 0 aliphatic heterocycles. The minimum absolute atomic E-state index is 0. The second-order valence-electron chi connectivity index (χ2n) is 1.68. The van der Waals surface area contributed by atoms with Gasteiger partial charge in [0.25, 0.3) is 0 Å². The van der Waals surface area contributed by atoms with Crippen molar-refractivity contribution in [3.05, 3.63) is 30.2 Å². The van der Waals surface area contributed by atoms with Gasteiger partial charge in [0.2, 0.25) is 0 Å². The summed E-state index contributed by atoms with van der Waals surface area (Å²) in [5.41, 5.74) is 2.71. The van der Waals surface area contributed by atoms with Crippen LogP contribution < -0.4 is 0 Å². The van der Waals surface area contributed by atoms with Gasteiger partial charge in [-0.3, -0.25) is 6.58 Å². The topological polar surface area (TPSA) is 0 Å². The maximum Gasteiger partial charge on any atom is 0 e. The Morgan fingerprint density at radius 3 is 2.50 bits per heavy atom. The molecule has 0 N–H and O–H groups in total. The van der Waals surface area contributed by atoms with E-state index < -0.39 is 0 Å². The molecule has 0 amide bonds. The van der Waals surface area contributed by atoms with Crippen molar-refractivity contribution in [3.63, 3.8) is 0 Å². The Balaban J connectivity index is 0.000000490. The van der Waals surface area contributed by atoms with Crippen molar-refractivity contribution in [1.29, 1.82) is 0 Å². The van der Waals surface area contributed by atoms with Crippen molar-refractivity contribution in [2.75, 3.05) is 0 Å². The summed E-state index contributed by atoms with van der Waals surface area (Å²) < 4.78 is 0. The third-order valence-electron chi connectivity index (χ3n) is 1.22. The maximum absolute atomic E-state index is 5.20. The van der Waals surface area contributed by atoms with Crippen molar-refractivity contribution in [3.8, 4) is 0 Å². The van der Waals surface area contributed by atoms with Gasteiger partial charge < -0.3 is 0 Å². The van der Waals surface area contributed by atoms with Crippen LogP contribution in [0, 0.1) is 49.9 Å². The first kappa shape index (κ1) is 8.58. The molecule has 1 heteroatoms. The van der Waals surface area contributed by atoms with E-state index in [-0.39, 0.29) is 36.9 Å². The molecule has 0 aromatic heterocycles. The van der Waals surface area contributed by atoms with Crippen molar-refractivity contribution < 1.29 is 36.9 Å². The van der Waals surface area contributed by atoms with Crippen LogP contribution in [0.4, 0.5) is 0 Å². The summed E-state index contributed by atoms with van der Waals surface area (Å²) >= 11 is 0. The number of hydrogen-bond acceptors (Lipinski definition) is 0. The van der Waals surface area contributed by atoms with E-state index in [4.69, 9.17) is 6.58 Å². The monoisotopic (exact) mass is 261 g/mol. The fourth-order valence-corrected chi connectivity index (χ4v) is 0.614. The Labute approximate surface area is 79.8 Å². The summed E-state index contributed by atoms with van der Waals surface area (Å²) in [6.07, 6.45) is 4.89. The average molecular weight is 261 g/mol. The molecule has 0 atom stereocenters. The molecule has 1 radical (unpaired) electrons. The third kappa shape index (κ3) is 1.83. The van der Waals surface area contributed by atoms with Crippen LogP contribution in [0.25, 0.3) is 0 Å². The Hall–Kier alpha value is 0.584. The van der Waals surface area contributed by atoms with Crippen LogP contribution in [-0.2, 0) is 0 Å². The molecule has 1 rings (SSSR count). The van der Waals surface area contributed by atoms with Crippen LogP contribution in [0.5, 0.6) is 0 Å². The van der Waals surface area contributed by atoms with E-state index in [1.807, 2.05) is 6.92 Å².